The van der Waals surface area contributed by atoms with E-state index in [1.807, 2.05) is 17.4 Å². The Labute approximate surface area is 126 Å². The molecule has 0 bridgehead atoms. The maximum atomic E-state index is 6.03. The van der Waals surface area contributed by atoms with Gasteiger partial charge in [-0.25, -0.2) is 0 Å². The minimum Gasteiger partial charge on any atom is -0.365 e. The number of benzene rings is 1. The number of rotatable bonds is 4. The molecule has 108 valence electrons. The van der Waals surface area contributed by atoms with E-state index < -0.39 is 0 Å². The average Bonchev–Trinajstić information content (AvgIpc) is 2.90. The highest BCUT2D eigenvalue weighted by Gasteiger charge is 2.21. The van der Waals surface area contributed by atoms with E-state index in [0.717, 1.165) is 0 Å². The number of hydrogen-bond donors (Lipinski definition) is 1. The van der Waals surface area contributed by atoms with Crippen LogP contribution in [0.4, 0.5) is 5.69 Å². The molecule has 0 aliphatic carbocycles. The van der Waals surface area contributed by atoms with Gasteiger partial charge in [0, 0.05) is 29.0 Å². The Hall–Kier alpha value is -1.32. The van der Waals surface area contributed by atoms with E-state index in [-0.39, 0.29) is 11.5 Å². The smallest absolute Gasteiger partial charge is 0.0753 e. The summed E-state index contributed by atoms with van der Waals surface area (Å²) < 4.78 is 0. The van der Waals surface area contributed by atoms with Crippen molar-refractivity contribution in [1.29, 1.82) is 0 Å². The Bertz CT molecular complexity index is 540. The molecule has 0 spiro atoms. The zero-order valence-electron chi connectivity index (χ0n) is 12.8. The van der Waals surface area contributed by atoms with Crippen LogP contribution < -0.4 is 10.6 Å². The summed E-state index contributed by atoms with van der Waals surface area (Å²) in [5.74, 6) is 0. The zero-order chi connectivity index (χ0) is 14.8. The van der Waals surface area contributed by atoms with Gasteiger partial charge in [0.25, 0.3) is 0 Å². The molecule has 0 fully saturated rings. The molecule has 1 atom stereocenters. The number of thiophene rings is 1. The standard InChI is InChI=1S/C17H24N2S/c1-17(2,3)16-11-10-15(20-16)14(12-18)19(4)13-8-6-5-7-9-13/h5-11,14H,12,18H2,1-4H3. The van der Waals surface area contributed by atoms with Gasteiger partial charge in [-0.05, 0) is 29.7 Å². The summed E-state index contributed by atoms with van der Waals surface area (Å²) >= 11 is 1.87. The first kappa shape index (κ1) is 15.1. The van der Waals surface area contributed by atoms with Crippen LogP contribution in [0.2, 0.25) is 0 Å². The molecule has 0 radical (unpaired) electrons. The van der Waals surface area contributed by atoms with E-state index in [1.165, 1.54) is 15.4 Å². The van der Waals surface area contributed by atoms with E-state index in [1.54, 1.807) is 0 Å². The minimum absolute atomic E-state index is 0.202. The van der Waals surface area contributed by atoms with Gasteiger partial charge in [0.1, 0.15) is 0 Å². The first-order valence-electron chi connectivity index (χ1n) is 7.01. The Morgan fingerprint density at radius 1 is 1.10 bits per heavy atom. The van der Waals surface area contributed by atoms with Crippen molar-refractivity contribution in [1.82, 2.24) is 0 Å². The van der Waals surface area contributed by atoms with Crippen LogP contribution in [-0.2, 0) is 5.41 Å². The van der Waals surface area contributed by atoms with Crippen LogP contribution in [0, 0.1) is 0 Å². The number of likely N-dealkylation sites (N-methyl/N-ethyl adjacent to an activating group) is 1. The monoisotopic (exact) mass is 288 g/mol. The lowest BCUT2D eigenvalue weighted by molar-refractivity contribution is 0.604. The van der Waals surface area contributed by atoms with E-state index in [2.05, 4.69) is 69.1 Å². The molecule has 20 heavy (non-hydrogen) atoms. The molecule has 0 amide bonds. The van der Waals surface area contributed by atoms with Crippen molar-refractivity contribution in [2.24, 2.45) is 5.73 Å². The summed E-state index contributed by atoms with van der Waals surface area (Å²) in [6.07, 6.45) is 0. The Balaban J connectivity index is 2.26. The summed E-state index contributed by atoms with van der Waals surface area (Å²) in [5, 5.41) is 0. The highest BCUT2D eigenvalue weighted by atomic mass is 32.1. The molecule has 0 aliphatic rings. The summed E-state index contributed by atoms with van der Waals surface area (Å²) in [6.45, 7) is 7.37. The molecule has 3 heteroatoms. The third-order valence-corrected chi connectivity index (χ3v) is 5.16. The summed E-state index contributed by atoms with van der Waals surface area (Å²) in [4.78, 5) is 5.01. The molecule has 2 rings (SSSR count). The molecular formula is C17H24N2S. The molecule has 1 unspecified atom stereocenters. The lowest BCUT2D eigenvalue weighted by Crippen LogP contribution is -2.29. The molecule has 1 aromatic carbocycles. The molecule has 2 aromatic rings. The fraction of sp³-hybridized carbons (Fsp3) is 0.412. The van der Waals surface area contributed by atoms with Crippen LogP contribution in [0.15, 0.2) is 42.5 Å². The van der Waals surface area contributed by atoms with Crippen molar-refractivity contribution in [2.75, 3.05) is 18.5 Å². The second-order valence-electron chi connectivity index (χ2n) is 6.15. The van der Waals surface area contributed by atoms with Crippen LogP contribution in [0.5, 0.6) is 0 Å². The van der Waals surface area contributed by atoms with E-state index in [0.29, 0.717) is 6.54 Å². The van der Waals surface area contributed by atoms with E-state index in [4.69, 9.17) is 5.73 Å². The molecule has 1 aromatic heterocycles. The highest BCUT2D eigenvalue weighted by Crippen LogP contribution is 2.35. The minimum atomic E-state index is 0.202. The first-order valence-corrected chi connectivity index (χ1v) is 7.83. The summed E-state index contributed by atoms with van der Waals surface area (Å²) in [7, 11) is 2.11. The van der Waals surface area contributed by atoms with Crippen molar-refractivity contribution < 1.29 is 0 Å². The number of anilines is 1. The highest BCUT2D eigenvalue weighted by molar-refractivity contribution is 7.12. The molecule has 0 saturated carbocycles. The van der Waals surface area contributed by atoms with Crippen LogP contribution in [0.3, 0.4) is 0 Å². The van der Waals surface area contributed by atoms with E-state index >= 15 is 0 Å². The number of nitrogens with zero attached hydrogens (tertiary/aromatic N) is 1. The average molecular weight is 288 g/mol. The molecule has 2 N–H and O–H groups in total. The number of nitrogens with two attached hydrogens (primary N) is 1. The molecular weight excluding hydrogens is 264 g/mol. The van der Waals surface area contributed by atoms with Gasteiger partial charge in [0.2, 0.25) is 0 Å². The lowest BCUT2D eigenvalue weighted by atomic mass is 9.95. The largest absolute Gasteiger partial charge is 0.365 e. The molecule has 0 saturated heterocycles. The van der Waals surface area contributed by atoms with Crippen molar-refractivity contribution in [3.05, 3.63) is 52.2 Å². The topological polar surface area (TPSA) is 29.3 Å². The fourth-order valence-electron chi connectivity index (χ4n) is 2.24. The van der Waals surface area contributed by atoms with E-state index in [9.17, 15) is 0 Å². The molecule has 0 aliphatic heterocycles. The van der Waals surface area contributed by atoms with Crippen LogP contribution in [0.1, 0.15) is 36.6 Å². The fourth-order valence-corrected chi connectivity index (χ4v) is 3.47. The van der Waals surface area contributed by atoms with Gasteiger partial charge >= 0.3 is 0 Å². The quantitative estimate of drug-likeness (QED) is 0.914. The van der Waals surface area contributed by atoms with Crippen molar-refractivity contribution in [2.45, 2.75) is 32.2 Å². The van der Waals surface area contributed by atoms with Crippen LogP contribution in [0.25, 0.3) is 0 Å². The molecule has 2 nitrogen and oxygen atoms in total. The molecule has 1 heterocycles. The third kappa shape index (κ3) is 3.22. The van der Waals surface area contributed by atoms with Gasteiger partial charge in [-0.3, -0.25) is 0 Å². The Kier molecular flexibility index (Phi) is 4.51. The van der Waals surface area contributed by atoms with Gasteiger partial charge in [-0.1, -0.05) is 39.0 Å². The predicted octanol–water partition coefficient (Wildman–Crippen LogP) is 4.18. The Morgan fingerprint density at radius 3 is 2.25 bits per heavy atom. The van der Waals surface area contributed by atoms with Gasteiger partial charge in [0.05, 0.1) is 6.04 Å². The van der Waals surface area contributed by atoms with Crippen molar-refractivity contribution >= 4 is 17.0 Å². The van der Waals surface area contributed by atoms with Crippen molar-refractivity contribution in [3.8, 4) is 0 Å². The second kappa shape index (κ2) is 5.98. The SMILES string of the molecule is CN(c1ccccc1)C(CN)c1ccc(C(C)(C)C)s1. The Morgan fingerprint density at radius 2 is 1.75 bits per heavy atom. The maximum Gasteiger partial charge on any atom is 0.0753 e. The first-order chi connectivity index (χ1) is 9.43. The van der Waals surface area contributed by atoms with Crippen molar-refractivity contribution in [3.63, 3.8) is 0 Å². The summed E-state index contributed by atoms with van der Waals surface area (Å²) in [6, 6.07) is 15.1. The predicted molar refractivity (Wildman–Crippen MR) is 89.7 cm³/mol. The number of para-hydroxylation sites is 1. The van der Waals surface area contributed by atoms with Gasteiger partial charge in [0.15, 0.2) is 0 Å². The lowest BCUT2D eigenvalue weighted by Gasteiger charge is -2.28. The van der Waals surface area contributed by atoms with Crippen LogP contribution >= 0.6 is 11.3 Å². The maximum absolute atomic E-state index is 6.03. The second-order valence-corrected chi connectivity index (χ2v) is 7.27. The normalized spacial score (nSPS) is 13.2. The number of hydrogen-bond acceptors (Lipinski definition) is 3. The summed E-state index contributed by atoms with van der Waals surface area (Å²) in [5.41, 5.74) is 7.43. The van der Waals surface area contributed by atoms with Gasteiger partial charge in [-0.2, -0.15) is 0 Å². The van der Waals surface area contributed by atoms with Gasteiger partial charge < -0.3 is 10.6 Å². The zero-order valence-corrected chi connectivity index (χ0v) is 13.6. The van der Waals surface area contributed by atoms with Gasteiger partial charge in [-0.15, -0.1) is 11.3 Å². The third-order valence-electron chi connectivity index (χ3n) is 3.55. The van der Waals surface area contributed by atoms with Crippen LogP contribution in [-0.4, -0.2) is 13.6 Å².